The normalized spacial score (nSPS) is 19.1. The van der Waals surface area contributed by atoms with E-state index in [9.17, 15) is 22.8 Å². The number of alkyl halides is 3. The highest BCUT2D eigenvalue weighted by molar-refractivity contribution is 6.32. The van der Waals surface area contributed by atoms with Crippen molar-refractivity contribution in [1.29, 1.82) is 0 Å². The van der Waals surface area contributed by atoms with Crippen molar-refractivity contribution in [2.75, 3.05) is 45.2 Å². The van der Waals surface area contributed by atoms with Gasteiger partial charge in [0.1, 0.15) is 11.0 Å². The molecule has 2 aliphatic heterocycles. The fourth-order valence-electron chi connectivity index (χ4n) is 5.60. The van der Waals surface area contributed by atoms with Crippen LogP contribution in [0.4, 0.5) is 19.0 Å². The third-order valence-electron chi connectivity index (χ3n) is 7.99. The number of rotatable bonds is 6. The molecular weight excluding hydrogens is 531 g/mol. The Morgan fingerprint density at radius 1 is 0.974 bits per heavy atom. The number of aromatic nitrogens is 1. The van der Waals surface area contributed by atoms with Gasteiger partial charge in [0.05, 0.1) is 5.56 Å². The van der Waals surface area contributed by atoms with E-state index in [0.717, 1.165) is 38.2 Å². The molecule has 11 heteroatoms. The smallest absolute Gasteiger partial charge is 0.357 e. The molecule has 0 saturated carbocycles. The van der Waals surface area contributed by atoms with Crippen LogP contribution in [0.1, 0.15) is 48.0 Å². The first-order chi connectivity index (χ1) is 18.4. The molecule has 1 aromatic heterocycles. The third-order valence-corrected chi connectivity index (χ3v) is 8.28. The zero-order chi connectivity index (χ0) is 28.4. The molecule has 212 valence electrons. The third kappa shape index (κ3) is 6.17. The second kappa shape index (κ2) is 11.7. The van der Waals surface area contributed by atoms with Crippen LogP contribution < -0.4 is 10.6 Å². The van der Waals surface area contributed by atoms with Crippen LogP contribution in [0.3, 0.4) is 0 Å². The average Bonchev–Trinajstić information content (AvgIpc) is 2.92. The zero-order valence-electron chi connectivity index (χ0n) is 22.3. The first-order valence-electron chi connectivity index (χ1n) is 13.3. The number of anilines is 1. The molecule has 2 aliphatic rings. The van der Waals surface area contributed by atoms with Gasteiger partial charge in [0.2, 0.25) is 5.54 Å². The Labute approximate surface area is 232 Å². The standard InChI is InChI=1S/C28H35ClF3N5O2/c1-35(2)25(38)22-8-9-23(34-24(22)29)36-14-10-19(11-15-36)18-20-12-16-37(17-13-20)26(39)27(33,28(30,31)32)21-6-4-3-5-7-21/h3-9,19-20H,10-18,33H2,1-2H3/t27-/m0/s1. The van der Waals surface area contributed by atoms with E-state index in [4.69, 9.17) is 17.3 Å². The van der Waals surface area contributed by atoms with Crippen LogP contribution in [0, 0.1) is 11.8 Å². The average molecular weight is 566 g/mol. The Balaban J connectivity index is 1.29. The number of halogens is 4. The van der Waals surface area contributed by atoms with Gasteiger partial charge >= 0.3 is 6.18 Å². The quantitative estimate of drug-likeness (QED) is 0.514. The van der Waals surface area contributed by atoms with Crippen LogP contribution >= 0.6 is 11.6 Å². The van der Waals surface area contributed by atoms with E-state index in [1.807, 2.05) is 6.07 Å². The SMILES string of the molecule is CN(C)C(=O)c1ccc(N2CCC(CC3CCN(C(=O)[C@@](N)(c4ccccc4)C(F)(F)F)CC3)CC2)nc1Cl. The molecule has 2 fully saturated rings. The molecule has 2 N–H and O–H groups in total. The highest BCUT2D eigenvalue weighted by atomic mass is 35.5. The Hall–Kier alpha value is -2.85. The van der Waals surface area contributed by atoms with Gasteiger partial charge in [-0.2, -0.15) is 13.2 Å². The molecular formula is C28H35ClF3N5O2. The Bertz CT molecular complexity index is 1160. The molecule has 0 spiro atoms. The number of piperidine rings is 2. The summed E-state index contributed by atoms with van der Waals surface area (Å²) in [6, 6.07) is 10.6. The Kier molecular flexibility index (Phi) is 8.75. The molecule has 4 rings (SSSR count). The first-order valence-corrected chi connectivity index (χ1v) is 13.6. The summed E-state index contributed by atoms with van der Waals surface area (Å²) in [6.07, 6.45) is -0.681. The van der Waals surface area contributed by atoms with Crippen LogP contribution in [0.15, 0.2) is 42.5 Å². The maximum Gasteiger partial charge on any atom is 0.419 e. The molecule has 7 nitrogen and oxygen atoms in total. The predicted molar refractivity (Wildman–Crippen MR) is 144 cm³/mol. The molecule has 2 amide bonds. The van der Waals surface area contributed by atoms with E-state index in [1.165, 1.54) is 34.1 Å². The van der Waals surface area contributed by atoms with Crippen LogP contribution in [-0.2, 0) is 10.3 Å². The van der Waals surface area contributed by atoms with Gasteiger partial charge in [0, 0.05) is 40.3 Å². The molecule has 0 bridgehead atoms. The highest BCUT2D eigenvalue weighted by Crippen LogP contribution is 2.40. The van der Waals surface area contributed by atoms with Gasteiger partial charge < -0.3 is 20.4 Å². The summed E-state index contributed by atoms with van der Waals surface area (Å²) in [7, 11) is 3.33. The van der Waals surface area contributed by atoms with Gasteiger partial charge in [0.15, 0.2) is 0 Å². The molecule has 39 heavy (non-hydrogen) atoms. The topological polar surface area (TPSA) is 82.8 Å². The molecule has 2 saturated heterocycles. The Morgan fingerprint density at radius 3 is 2.05 bits per heavy atom. The molecule has 1 atom stereocenters. The number of nitrogens with two attached hydrogens (primary N) is 1. The molecule has 3 heterocycles. The number of likely N-dealkylation sites (tertiary alicyclic amines) is 1. The summed E-state index contributed by atoms with van der Waals surface area (Å²) in [5.41, 5.74) is 2.88. The van der Waals surface area contributed by atoms with Gasteiger partial charge in [-0.15, -0.1) is 0 Å². The summed E-state index contributed by atoms with van der Waals surface area (Å²) >= 11 is 6.28. The van der Waals surface area contributed by atoms with Crippen molar-refractivity contribution >= 4 is 29.2 Å². The van der Waals surface area contributed by atoms with Gasteiger partial charge in [-0.1, -0.05) is 41.9 Å². The number of carbonyl (C=O) groups is 2. The number of benzene rings is 1. The van der Waals surface area contributed by atoms with Crippen molar-refractivity contribution < 1.29 is 22.8 Å². The maximum absolute atomic E-state index is 14.0. The Morgan fingerprint density at radius 2 is 1.54 bits per heavy atom. The summed E-state index contributed by atoms with van der Waals surface area (Å²) in [6.45, 7) is 2.16. The van der Waals surface area contributed by atoms with Crippen LogP contribution in [0.5, 0.6) is 0 Å². The van der Waals surface area contributed by atoms with Crippen molar-refractivity contribution in [1.82, 2.24) is 14.8 Å². The van der Waals surface area contributed by atoms with Gasteiger partial charge in [-0.3, -0.25) is 9.59 Å². The minimum absolute atomic E-state index is 0.189. The predicted octanol–water partition coefficient (Wildman–Crippen LogP) is 4.70. The number of nitrogens with zero attached hydrogens (tertiary/aromatic N) is 4. The number of amides is 2. The van der Waals surface area contributed by atoms with Crippen molar-refractivity contribution in [3.05, 3.63) is 58.7 Å². The molecule has 0 unspecified atom stereocenters. The van der Waals surface area contributed by atoms with Crippen LogP contribution in [0.2, 0.25) is 5.15 Å². The number of pyridine rings is 1. The van der Waals surface area contributed by atoms with Crippen LogP contribution in [-0.4, -0.2) is 73.0 Å². The summed E-state index contributed by atoms with van der Waals surface area (Å²) < 4.78 is 42.1. The molecule has 0 aliphatic carbocycles. The van der Waals surface area contributed by atoms with Crippen LogP contribution in [0.25, 0.3) is 0 Å². The summed E-state index contributed by atoms with van der Waals surface area (Å²) in [5, 5.41) is 0.189. The fourth-order valence-corrected chi connectivity index (χ4v) is 5.83. The lowest BCUT2D eigenvalue weighted by Crippen LogP contribution is -2.62. The monoisotopic (exact) mass is 565 g/mol. The number of hydrogen-bond donors (Lipinski definition) is 1. The molecule has 2 aromatic rings. The summed E-state index contributed by atoms with van der Waals surface area (Å²) in [4.78, 5) is 34.6. The van der Waals surface area contributed by atoms with E-state index in [1.54, 1.807) is 26.2 Å². The van der Waals surface area contributed by atoms with Gasteiger partial charge in [-0.25, -0.2) is 4.98 Å². The van der Waals surface area contributed by atoms with E-state index in [0.29, 0.717) is 30.2 Å². The minimum Gasteiger partial charge on any atom is -0.357 e. The highest BCUT2D eigenvalue weighted by Gasteiger charge is 2.60. The maximum atomic E-state index is 14.0. The number of carbonyl (C=O) groups excluding carboxylic acids is 2. The van der Waals surface area contributed by atoms with E-state index >= 15 is 0 Å². The van der Waals surface area contributed by atoms with E-state index in [-0.39, 0.29) is 29.7 Å². The molecule has 1 aromatic carbocycles. The van der Waals surface area contributed by atoms with Gasteiger partial charge in [0.25, 0.3) is 11.8 Å². The lowest BCUT2D eigenvalue weighted by molar-refractivity contribution is -0.201. The van der Waals surface area contributed by atoms with Crippen molar-refractivity contribution in [3.63, 3.8) is 0 Å². The largest absolute Gasteiger partial charge is 0.419 e. The van der Waals surface area contributed by atoms with Crippen molar-refractivity contribution in [2.24, 2.45) is 17.6 Å². The minimum atomic E-state index is -4.91. The van der Waals surface area contributed by atoms with Gasteiger partial charge in [-0.05, 0) is 61.6 Å². The molecule has 0 radical (unpaired) electrons. The second-order valence-electron chi connectivity index (χ2n) is 10.8. The first kappa shape index (κ1) is 29.1. The number of hydrogen-bond acceptors (Lipinski definition) is 5. The van der Waals surface area contributed by atoms with E-state index < -0.39 is 17.6 Å². The summed E-state index contributed by atoms with van der Waals surface area (Å²) in [5.74, 6) is 0.309. The van der Waals surface area contributed by atoms with Crippen molar-refractivity contribution in [2.45, 2.75) is 43.8 Å². The second-order valence-corrected chi connectivity index (χ2v) is 11.1. The fraction of sp³-hybridized carbons (Fsp3) is 0.536. The lowest BCUT2D eigenvalue weighted by Gasteiger charge is -2.40. The van der Waals surface area contributed by atoms with E-state index in [2.05, 4.69) is 9.88 Å². The zero-order valence-corrected chi connectivity index (χ0v) is 23.0. The van der Waals surface area contributed by atoms with Crippen molar-refractivity contribution in [3.8, 4) is 0 Å². The lowest BCUT2D eigenvalue weighted by atomic mass is 9.82.